The Kier molecular flexibility index (Phi) is 15.0. The van der Waals surface area contributed by atoms with Gasteiger partial charge in [0.2, 0.25) is 17.7 Å². The van der Waals surface area contributed by atoms with E-state index >= 15 is 0 Å². The fourth-order valence-electron chi connectivity index (χ4n) is 2.67. The monoisotopic (exact) mass is 493 g/mol. The van der Waals surface area contributed by atoms with Crippen LogP contribution in [0.15, 0.2) is 0 Å². The molecule has 5 unspecified atom stereocenters. The van der Waals surface area contributed by atoms with Gasteiger partial charge in [0.25, 0.3) is 0 Å². The summed E-state index contributed by atoms with van der Waals surface area (Å²) in [6.45, 7) is 1.65. The van der Waals surface area contributed by atoms with Crippen molar-refractivity contribution in [2.75, 3.05) is 18.6 Å². The van der Waals surface area contributed by atoms with Crippen molar-refractivity contribution in [2.24, 2.45) is 11.5 Å². The van der Waals surface area contributed by atoms with E-state index in [1.54, 1.807) is 6.26 Å². The van der Waals surface area contributed by atoms with Gasteiger partial charge in [0.05, 0.1) is 12.5 Å². The van der Waals surface area contributed by atoms with Gasteiger partial charge >= 0.3 is 11.9 Å². The molecule has 14 heteroatoms. The van der Waals surface area contributed by atoms with E-state index in [2.05, 4.69) is 16.0 Å². The zero-order valence-corrected chi connectivity index (χ0v) is 19.6. The number of hydrogen-bond acceptors (Lipinski definition) is 9. The highest BCUT2D eigenvalue weighted by molar-refractivity contribution is 7.98. The number of carboxylic acids is 2. The molecule has 0 fully saturated rings. The number of carbonyl (C=O) groups excluding carboxylic acids is 3. The van der Waals surface area contributed by atoms with Crippen molar-refractivity contribution in [1.82, 2.24) is 16.0 Å². The van der Waals surface area contributed by atoms with Crippen LogP contribution in [0.2, 0.25) is 0 Å². The minimum Gasteiger partial charge on any atom is -0.481 e. The summed E-state index contributed by atoms with van der Waals surface area (Å²) in [5.74, 6) is -4.88. The first-order valence-corrected chi connectivity index (χ1v) is 11.8. The second kappa shape index (κ2) is 16.2. The van der Waals surface area contributed by atoms with Gasteiger partial charge in [0.1, 0.15) is 24.2 Å². The second-order valence-electron chi connectivity index (χ2n) is 7.45. The number of unbranched alkanes of at least 4 members (excludes halogenated alkanes) is 1. The SMILES string of the molecule is CSCCC(NC(=O)C(N)C(C)O)C(=O)NC(CC(=O)O)C(=O)NC(CCCCN)C(=O)O. The maximum Gasteiger partial charge on any atom is 0.326 e. The van der Waals surface area contributed by atoms with Crippen molar-refractivity contribution in [3.63, 3.8) is 0 Å². The van der Waals surface area contributed by atoms with Crippen molar-refractivity contribution >= 4 is 41.4 Å². The van der Waals surface area contributed by atoms with Crippen LogP contribution in [0.4, 0.5) is 0 Å². The van der Waals surface area contributed by atoms with E-state index in [0.717, 1.165) is 0 Å². The Hall–Kier alpha value is -2.42. The lowest BCUT2D eigenvalue weighted by atomic mass is 10.1. The van der Waals surface area contributed by atoms with E-state index in [-0.39, 0.29) is 12.8 Å². The molecule has 0 aliphatic carbocycles. The predicted octanol–water partition coefficient (Wildman–Crippen LogP) is -2.41. The van der Waals surface area contributed by atoms with Gasteiger partial charge in [-0.2, -0.15) is 11.8 Å². The summed E-state index contributed by atoms with van der Waals surface area (Å²) in [7, 11) is 0. The number of aliphatic carboxylic acids is 2. The fraction of sp³-hybridized carbons (Fsp3) is 0.737. The number of aliphatic hydroxyl groups excluding tert-OH is 1. The van der Waals surface area contributed by atoms with Crippen molar-refractivity contribution in [3.05, 3.63) is 0 Å². The zero-order valence-electron chi connectivity index (χ0n) is 18.8. The van der Waals surface area contributed by atoms with Crippen molar-refractivity contribution < 1.29 is 39.3 Å². The molecule has 33 heavy (non-hydrogen) atoms. The van der Waals surface area contributed by atoms with Gasteiger partial charge in [-0.15, -0.1) is 0 Å². The Balaban J connectivity index is 5.43. The van der Waals surface area contributed by atoms with Gasteiger partial charge < -0.3 is 42.7 Å². The molecule has 0 aromatic rings. The summed E-state index contributed by atoms with van der Waals surface area (Å²) < 4.78 is 0. The molecule has 0 heterocycles. The summed E-state index contributed by atoms with van der Waals surface area (Å²) >= 11 is 1.39. The fourth-order valence-corrected chi connectivity index (χ4v) is 3.14. The topological polar surface area (TPSA) is 234 Å². The first kappa shape index (κ1) is 30.6. The predicted molar refractivity (Wildman–Crippen MR) is 121 cm³/mol. The van der Waals surface area contributed by atoms with Gasteiger partial charge in [0.15, 0.2) is 0 Å². The number of thioether (sulfide) groups is 1. The Morgan fingerprint density at radius 2 is 1.42 bits per heavy atom. The highest BCUT2D eigenvalue weighted by Crippen LogP contribution is 2.06. The van der Waals surface area contributed by atoms with E-state index in [0.29, 0.717) is 25.1 Å². The van der Waals surface area contributed by atoms with Crippen LogP contribution in [0, 0.1) is 0 Å². The van der Waals surface area contributed by atoms with Gasteiger partial charge in [-0.05, 0) is 51.2 Å². The molecule has 0 saturated carbocycles. The van der Waals surface area contributed by atoms with Crippen LogP contribution >= 0.6 is 11.8 Å². The van der Waals surface area contributed by atoms with E-state index in [1.165, 1.54) is 18.7 Å². The average molecular weight is 494 g/mol. The quantitative estimate of drug-likeness (QED) is 0.0993. The molecule has 190 valence electrons. The highest BCUT2D eigenvalue weighted by Gasteiger charge is 2.31. The molecule has 5 atom stereocenters. The zero-order chi connectivity index (χ0) is 25.6. The molecule has 0 aliphatic heterocycles. The average Bonchev–Trinajstić information content (AvgIpc) is 2.73. The Morgan fingerprint density at radius 1 is 0.879 bits per heavy atom. The van der Waals surface area contributed by atoms with E-state index in [9.17, 15) is 34.2 Å². The first-order chi connectivity index (χ1) is 15.4. The summed E-state index contributed by atoms with van der Waals surface area (Å²) in [5.41, 5.74) is 11.0. The van der Waals surface area contributed by atoms with Crippen LogP contribution in [0.5, 0.6) is 0 Å². The molecular formula is C19H35N5O8S. The van der Waals surface area contributed by atoms with Crippen molar-refractivity contribution in [1.29, 1.82) is 0 Å². The van der Waals surface area contributed by atoms with Crippen LogP contribution in [0.1, 0.15) is 39.0 Å². The Bertz CT molecular complexity index is 679. The van der Waals surface area contributed by atoms with Crippen molar-refractivity contribution in [2.45, 2.75) is 69.3 Å². The summed E-state index contributed by atoms with van der Waals surface area (Å²) in [5, 5.41) is 34.8. The second-order valence-corrected chi connectivity index (χ2v) is 8.44. The number of amides is 3. The minimum atomic E-state index is -1.58. The van der Waals surface area contributed by atoms with Crippen LogP contribution in [-0.4, -0.2) is 93.8 Å². The largest absolute Gasteiger partial charge is 0.481 e. The number of aliphatic hydroxyl groups is 1. The molecule has 13 nitrogen and oxygen atoms in total. The number of carbonyl (C=O) groups is 5. The standard InChI is InChI=1S/C19H35N5O8S/c1-10(25)15(21)18(30)22-11(6-8-33-2)16(28)24-13(9-14(26)27)17(29)23-12(19(31)32)5-3-4-7-20/h10-13,15,25H,3-9,20-21H2,1-2H3,(H,22,30)(H,23,29)(H,24,28)(H,26,27)(H,31,32). The van der Waals surface area contributed by atoms with Crippen LogP contribution in [0.3, 0.4) is 0 Å². The molecule has 0 spiro atoms. The van der Waals surface area contributed by atoms with Crippen LogP contribution in [0.25, 0.3) is 0 Å². The minimum absolute atomic E-state index is 0.0790. The van der Waals surface area contributed by atoms with Gasteiger partial charge in [-0.1, -0.05) is 0 Å². The first-order valence-electron chi connectivity index (χ1n) is 10.4. The molecule has 0 aliphatic rings. The molecule has 0 aromatic heterocycles. The summed E-state index contributed by atoms with van der Waals surface area (Å²) in [6, 6.07) is -5.31. The number of rotatable bonds is 17. The number of nitrogens with two attached hydrogens (primary N) is 2. The maximum atomic E-state index is 12.8. The van der Waals surface area contributed by atoms with Crippen LogP contribution in [-0.2, 0) is 24.0 Å². The molecule has 0 rings (SSSR count). The summed E-state index contributed by atoms with van der Waals surface area (Å²) in [4.78, 5) is 60.2. The molecular weight excluding hydrogens is 458 g/mol. The third-order valence-corrected chi connectivity index (χ3v) is 5.28. The van der Waals surface area contributed by atoms with E-state index in [4.69, 9.17) is 16.6 Å². The molecule has 3 amide bonds. The maximum absolute atomic E-state index is 12.8. The van der Waals surface area contributed by atoms with Crippen LogP contribution < -0.4 is 27.4 Å². The third kappa shape index (κ3) is 12.4. The van der Waals surface area contributed by atoms with E-state index in [1.807, 2.05) is 0 Å². The van der Waals surface area contributed by atoms with Gasteiger partial charge in [-0.3, -0.25) is 19.2 Å². The smallest absolute Gasteiger partial charge is 0.326 e. The number of hydrogen-bond donors (Lipinski definition) is 8. The number of carboxylic acid groups (broad SMARTS) is 2. The Morgan fingerprint density at radius 3 is 1.91 bits per heavy atom. The molecule has 10 N–H and O–H groups in total. The van der Waals surface area contributed by atoms with Gasteiger partial charge in [-0.25, -0.2) is 4.79 Å². The number of nitrogens with one attached hydrogen (secondary N) is 3. The lowest BCUT2D eigenvalue weighted by molar-refractivity contribution is -0.143. The normalized spacial score (nSPS) is 15.4. The molecule has 0 radical (unpaired) electrons. The van der Waals surface area contributed by atoms with E-state index < -0.39 is 66.4 Å². The lowest BCUT2D eigenvalue weighted by Gasteiger charge is -2.25. The lowest BCUT2D eigenvalue weighted by Crippen LogP contribution is -2.58. The molecule has 0 saturated heterocycles. The van der Waals surface area contributed by atoms with Gasteiger partial charge in [0, 0.05) is 0 Å². The Labute approximate surface area is 196 Å². The molecule has 0 aromatic carbocycles. The summed E-state index contributed by atoms with van der Waals surface area (Å²) in [6.07, 6.45) is 0.987. The third-order valence-electron chi connectivity index (χ3n) is 4.64. The molecule has 0 bridgehead atoms. The highest BCUT2D eigenvalue weighted by atomic mass is 32.2. The van der Waals surface area contributed by atoms with Crippen molar-refractivity contribution in [3.8, 4) is 0 Å².